The van der Waals surface area contributed by atoms with Crippen LogP contribution in [0, 0.1) is 5.92 Å². The fourth-order valence-electron chi connectivity index (χ4n) is 2.95. The van der Waals surface area contributed by atoms with Crippen molar-refractivity contribution in [3.63, 3.8) is 0 Å². The molecular formula is C17H26N2O2. The van der Waals surface area contributed by atoms with E-state index in [1.807, 2.05) is 30.0 Å². The zero-order chi connectivity index (χ0) is 15.4. The molecule has 2 rings (SSSR count). The number of methoxy groups -OCH3 is 1. The maximum atomic E-state index is 12.7. The van der Waals surface area contributed by atoms with Gasteiger partial charge in [-0.1, -0.05) is 51.1 Å². The summed E-state index contributed by atoms with van der Waals surface area (Å²) in [6.07, 6.45) is 0.738. The van der Waals surface area contributed by atoms with E-state index in [9.17, 15) is 4.79 Å². The van der Waals surface area contributed by atoms with E-state index < -0.39 is 0 Å². The average molecular weight is 290 g/mol. The van der Waals surface area contributed by atoms with E-state index in [1.54, 1.807) is 7.11 Å². The predicted octanol–water partition coefficient (Wildman–Crippen LogP) is 2.57. The Hall–Kier alpha value is -1.39. The molecule has 3 unspecified atom stereocenters. The van der Waals surface area contributed by atoms with Gasteiger partial charge in [0.15, 0.2) is 0 Å². The standard InChI is InChI=1S/C17H26N2O2/c1-5-14-17(20)19(15(11-21-4)12(2)3)16(18-14)13-9-7-6-8-10-13/h6-10,12,14-16,18H,5,11H2,1-4H3. The van der Waals surface area contributed by atoms with Gasteiger partial charge in [0.2, 0.25) is 5.91 Å². The third-order valence-electron chi connectivity index (χ3n) is 4.18. The van der Waals surface area contributed by atoms with Crippen molar-refractivity contribution in [1.29, 1.82) is 0 Å². The van der Waals surface area contributed by atoms with Gasteiger partial charge < -0.3 is 9.64 Å². The van der Waals surface area contributed by atoms with Crippen molar-refractivity contribution < 1.29 is 9.53 Å². The lowest BCUT2D eigenvalue weighted by Crippen LogP contribution is -2.45. The molecule has 0 spiro atoms. The molecule has 0 bridgehead atoms. The van der Waals surface area contributed by atoms with Crippen molar-refractivity contribution in [2.24, 2.45) is 5.92 Å². The lowest BCUT2D eigenvalue weighted by Gasteiger charge is -2.35. The average Bonchev–Trinajstić information content (AvgIpc) is 2.82. The van der Waals surface area contributed by atoms with E-state index in [-0.39, 0.29) is 24.2 Å². The first kappa shape index (κ1) is 16.0. The number of nitrogens with one attached hydrogen (secondary N) is 1. The normalized spacial score (nSPS) is 23.9. The second-order valence-corrected chi connectivity index (χ2v) is 5.95. The van der Waals surface area contributed by atoms with Crippen molar-refractivity contribution in [3.8, 4) is 0 Å². The van der Waals surface area contributed by atoms with Crippen LogP contribution in [0.4, 0.5) is 0 Å². The van der Waals surface area contributed by atoms with Crippen LogP contribution in [0.15, 0.2) is 30.3 Å². The maximum Gasteiger partial charge on any atom is 0.241 e. The fraction of sp³-hybridized carbons (Fsp3) is 0.588. The van der Waals surface area contributed by atoms with Crippen LogP contribution in [0.3, 0.4) is 0 Å². The Bertz CT molecular complexity index is 461. The number of amides is 1. The molecular weight excluding hydrogens is 264 g/mol. The third kappa shape index (κ3) is 3.27. The molecule has 4 nitrogen and oxygen atoms in total. The van der Waals surface area contributed by atoms with Gasteiger partial charge in [0, 0.05) is 7.11 Å². The summed E-state index contributed by atoms with van der Waals surface area (Å²) in [6.45, 7) is 6.88. The molecule has 1 amide bonds. The zero-order valence-corrected chi connectivity index (χ0v) is 13.4. The molecule has 1 aliphatic rings. The number of carbonyl (C=O) groups is 1. The van der Waals surface area contributed by atoms with Crippen molar-refractivity contribution in [3.05, 3.63) is 35.9 Å². The first-order valence-electron chi connectivity index (χ1n) is 7.72. The summed E-state index contributed by atoms with van der Waals surface area (Å²) in [6, 6.07) is 10.1. The molecule has 3 atom stereocenters. The Kier molecular flexibility index (Phi) is 5.37. The van der Waals surface area contributed by atoms with Gasteiger partial charge in [-0.15, -0.1) is 0 Å². The van der Waals surface area contributed by atoms with Crippen LogP contribution in [0.5, 0.6) is 0 Å². The molecule has 1 heterocycles. The van der Waals surface area contributed by atoms with Gasteiger partial charge in [-0.3, -0.25) is 10.1 Å². The van der Waals surface area contributed by atoms with E-state index in [2.05, 4.69) is 31.3 Å². The largest absolute Gasteiger partial charge is 0.383 e. The Morgan fingerprint density at radius 2 is 1.95 bits per heavy atom. The SMILES string of the molecule is CCC1NC(c2ccccc2)N(C(COC)C(C)C)C1=O. The number of benzene rings is 1. The van der Waals surface area contributed by atoms with E-state index in [1.165, 1.54) is 0 Å². The van der Waals surface area contributed by atoms with Gasteiger partial charge in [0.05, 0.1) is 18.7 Å². The minimum atomic E-state index is -0.103. The van der Waals surface area contributed by atoms with Crippen molar-refractivity contribution in [1.82, 2.24) is 10.2 Å². The van der Waals surface area contributed by atoms with Crippen LogP contribution in [0.1, 0.15) is 38.9 Å². The molecule has 1 aliphatic heterocycles. The molecule has 21 heavy (non-hydrogen) atoms. The molecule has 1 N–H and O–H groups in total. The number of rotatable bonds is 6. The fourth-order valence-corrected chi connectivity index (χ4v) is 2.95. The summed E-state index contributed by atoms with van der Waals surface area (Å²) in [4.78, 5) is 14.7. The van der Waals surface area contributed by atoms with Crippen LogP contribution in [0.2, 0.25) is 0 Å². The quantitative estimate of drug-likeness (QED) is 0.875. The van der Waals surface area contributed by atoms with Gasteiger partial charge in [-0.2, -0.15) is 0 Å². The first-order valence-corrected chi connectivity index (χ1v) is 7.72. The van der Waals surface area contributed by atoms with Crippen LogP contribution < -0.4 is 5.32 Å². The number of hydrogen-bond acceptors (Lipinski definition) is 3. The lowest BCUT2D eigenvalue weighted by molar-refractivity contribution is -0.134. The predicted molar refractivity (Wildman–Crippen MR) is 83.7 cm³/mol. The van der Waals surface area contributed by atoms with E-state index in [0.29, 0.717) is 12.5 Å². The molecule has 116 valence electrons. The maximum absolute atomic E-state index is 12.7. The highest BCUT2D eigenvalue weighted by molar-refractivity contribution is 5.84. The summed E-state index contributed by atoms with van der Waals surface area (Å²) in [5.41, 5.74) is 1.13. The molecule has 0 saturated carbocycles. The molecule has 0 aromatic heterocycles. The first-order chi connectivity index (χ1) is 10.1. The van der Waals surface area contributed by atoms with Gasteiger partial charge in [-0.05, 0) is 17.9 Å². The molecule has 0 aliphatic carbocycles. The summed E-state index contributed by atoms with van der Waals surface area (Å²) < 4.78 is 5.36. The highest BCUT2D eigenvalue weighted by atomic mass is 16.5. The molecule has 1 aromatic rings. The van der Waals surface area contributed by atoms with Gasteiger partial charge in [-0.25, -0.2) is 0 Å². The number of hydrogen-bond donors (Lipinski definition) is 1. The summed E-state index contributed by atoms with van der Waals surface area (Å²) in [5, 5.41) is 3.47. The lowest BCUT2D eigenvalue weighted by atomic mass is 10.0. The van der Waals surface area contributed by atoms with Gasteiger partial charge >= 0.3 is 0 Å². The second kappa shape index (κ2) is 7.05. The van der Waals surface area contributed by atoms with Crippen molar-refractivity contribution in [2.75, 3.05) is 13.7 Å². The van der Waals surface area contributed by atoms with Crippen molar-refractivity contribution >= 4 is 5.91 Å². The van der Waals surface area contributed by atoms with Gasteiger partial charge in [0.1, 0.15) is 6.17 Å². The number of nitrogens with zero attached hydrogens (tertiary/aromatic N) is 1. The van der Waals surface area contributed by atoms with Crippen LogP contribution in [-0.2, 0) is 9.53 Å². The van der Waals surface area contributed by atoms with E-state index >= 15 is 0 Å². The third-order valence-corrected chi connectivity index (χ3v) is 4.18. The Labute approximate surface area is 127 Å². The van der Waals surface area contributed by atoms with Crippen LogP contribution >= 0.6 is 0 Å². The highest BCUT2D eigenvalue weighted by Crippen LogP contribution is 2.31. The molecule has 1 saturated heterocycles. The van der Waals surface area contributed by atoms with Crippen LogP contribution in [-0.4, -0.2) is 36.6 Å². The topological polar surface area (TPSA) is 41.6 Å². The second-order valence-electron chi connectivity index (χ2n) is 5.95. The molecule has 4 heteroatoms. The van der Waals surface area contributed by atoms with Crippen molar-refractivity contribution in [2.45, 2.75) is 45.4 Å². The smallest absolute Gasteiger partial charge is 0.241 e. The summed E-state index contributed by atoms with van der Waals surface area (Å²) in [5.74, 6) is 0.527. The number of ether oxygens (including phenoxy) is 1. The summed E-state index contributed by atoms with van der Waals surface area (Å²) >= 11 is 0. The zero-order valence-electron chi connectivity index (χ0n) is 13.4. The molecule has 0 radical (unpaired) electrons. The molecule has 1 fully saturated rings. The Balaban J connectivity index is 2.34. The minimum Gasteiger partial charge on any atom is -0.383 e. The van der Waals surface area contributed by atoms with E-state index in [4.69, 9.17) is 4.74 Å². The Morgan fingerprint density at radius 3 is 2.48 bits per heavy atom. The monoisotopic (exact) mass is 290 g/mol. The van der Waals surface area contributed by atoms with E-state index in [0.717, 1.165) is 12.0 Å². The van der Waals surface area contributed by atoms with Gasteiger partial charge in [0.25, 0.3) is 0 Å². The summed E-state index contributed by atoms with van der Waals surface area (Å²) in [7, 11) is 1.69. The minimum absolute atomic E-state index is 0.0637. The Morgan fingerprint density at radius 1 is 1.29 bits per heavy atom. The molecule has 1 aromatic carbocycles. The number of carbonyl (C=O) groups excluding carboxylic acids is 1. The van der Waals surface area contributed by atoms with Crippen LogP contribution in [0.25, 0.3) is 0 Å². The highest BCUT2D eigenvalue weighted by Gasteiger charge is 2.43.